The highest BCUT2D eigenvalue weighted by Gasteiger charge is 2.47. The van der Waals surface area contributed by atoms with Crippen LogP contribution in [0, 0.1) is 0 Å². The molecule has 0 aromatic carbocycles. The summed E-state index contributed by atoms with van der Waals surface area (Å²) >= 11 is 0. The van der Waals surface area contributed by atoms with Crippen molar-refractivity contribution in [3.8, 4) is 0 Å². The van der Waals surface area contributed by atoms with Crippen molar-refractivity contribution >= 4 is 19.9 Å². The van der Waals surface area contributed by atoms with Crippen molar-refractivity contribution in [3.63, 3.8) is 0 Å². The van der Waals surface area contributed by atoms with Crippen LogP contribution in [0.25, 0.3) is 0 Å². The van der Waals surface area contributed by atoms with Crippen LogP contribution in [0.1, 0.15) is 38.5 Å². The van der Waals surface area contributed by atoms with E-state index in [9.17, 15) is 30.0 Å². The molecule has 2 fully saturated rings. The van der Waals surface area contributed by atoms with E-state index in [4.69, 9.17) is 9.47 Å². The van der Waals surface area contributed by atoms with Gasteiger partial charge in [-0.3, -0.25) is 0 Å². The van der Waals surface area contributed by atoms with Gasteiger partial charge >= 0.3 is 5.51 Å². The van der Waals surface area contributed by atoms with Crippen LogP contribution in [0.15, 0.2) is 0 Å². The zero-order valence-corrected chi connectivity index (χ0v) is 14.9. The van der Waals surface area contributed by atoms with E-state index in [-0.39, 0.29) is 0 Å². The molecule has 2 heterocycles. The van der Waals surface area contributed by atoms with E-state index in [2.05, 4.69) is 5.14 Å². The number of sulfonamides is 1. The van der Waals surface area contributed by atoms with E-state index in [0.29, 0.717) is 0 Å². The first-order valence-corrected chi connectivity index (χ1v) is 10.8. The zero-order valence-electron chi connectivity index (χ0n) is 13.3. The first-order valence-electron chi connectivity index (χ1n) is 7.41. The Bertz CT molecular complexity index is 490. The summed E-state index contributed by atoms with van der Waals surface area (Å²) in [5, 5.41) is 1.99. The number of rotatable bonds is 2. The number of sulfone groups is 1. The van der Waals surface area contributed by atoms with Gasteiger partial charge < -0.3 is 9.47 Å². The van der Waals surface area contributed by atoms with Gasteiger partial charge in [-0.05, 0) is 38.5 Å². The first-order chi connectivity index (χ1) is 11.0. The van der Waals surface area contributed by atoms with Crippen LogP contribution in [0.4, 0.5) is 13.2 Å². The molecule has 24 heavy (non-hydrogen) atoms. The van der Waals surface area contributed by atoms with Crippen LogP contribution in [-0.2, 0) is 29.3 Å². The van der Waals surface area contributed by atoms with Gasteiger partial charge in [-0.25, -0.2) is 22.0 Å². The molecule has 0 aromatic rings. The molecule has 2 saturated heterocycles. The van der Waals surface area contributed by atoms with Gasteiger partial charge in [0.05, 0.1) is 0 Å². The fourth-order valence-electron chi connectivity index (χ4n) is 1.66. The molecule has 2 N–H and O–H groups in total. The number of primary sulfonamides is 1. The third kappa shape index (κ3) is 12.9. The molecule has 0 aliphatic carbocycles. The van der Waals surface area contributed by atoms with Crippen LogP contribution in [0.3, 0.4) is 0 Å². The molecule has 146 valence electrons. The molecule has 0 saturated carbocycles. The highest BCUT2D eigenvalue weighted by atomic mass is 32.3. The standard InChI is InChI=1S/2C5H10O.C2H4F3NO4S2/c2*1-2-4-6-5-3-1;3-2(4,5)11(7,8)1-12(6,9)10/h2*1-5H2;1H2,(H2,6,9,10). The molecule has 2 aliphatic rings. The molecule has 0 spiro atoms. The van der Waals surface area contributed by atoms with Crippen LogP contribution < -0.4 is 5.14 Å². The lowest BCUT2D eigenvalue weighted by atomic mass is 10.2. The van der Waals surface area contributed by atoms with Gasteiger partial charge in [0.1, 0.15) is 0 Å². The van der Waals surface area contributed by atoms with E-state index in [1.807, 2.05) is 0 Å². The predicted molar refractivity (Wildman–Crippen MR) is 82.3 cm³/mol. The molecule has 0 amide bonds. The highest BCUT2D eigenvalue weighted by molar-refractivity contribution is 8.07. The molecule has 2 aliphatic heterocycles. The first kappa shape index (κ1) is 23.6. The van der Waals surface area contributed by atoms with E-state index in [1.54, 1.807) is 0 Å². The molecule has 0 radical (unpaired) electrons. The second-order valence-electron chi connectivity index (χ2n) is 5.19. The number of halogens is 3. The molecule has 0 atom stereocenters. The number of hydrogen-bond acceptors (Lipinski definition) is 6. The third-order valence-electron chi connectivity index (χ3n) is 2.83. The topological polar surface area (TPSA) is 113 Å². The Balaban J connectivity index is 0.000000364. The minimum absolute atomic E-state index is 1.00. The normalized spacial score (nSPS) is 19.3. The summed E-state index contributed by atoms with van der Waals surface area (Å²) in [6.07, 6.45) is 7.86. The van der Waals surface area contributed by atoms with Gasteiger partial charge in [0, 0.05) is 26.4 Å². The number of nitrogens with two attached hydrogens (primary N) is 1. The molecule has 7 nitrogen and oxygen atoms in total. The Kier molecular flexibility index (Phi) is 11.0. The Morgan fingerprint density at radius 3 is 1.17 bits per heavy atom. The van der Waals surface area contributed by atoms with Crippen LogP contribution in [0.5, 0.6) is 0 Å². The fraction of sp³-hybridized carbons (Fsp3) is 1.00. The monoisotopic (exact) mass is 399 g/mol. The third-order valence-corrected chi connectivity index (χ3v) is 6.09. The Morgan fingerprint density at radius 2 is 1.08 bits per heavy atom. The van der Waals surface area contributed by atoms with E-state index in [1.165, 1.54) is 38.5 Å². The summed E-state index contributed by atoms with van der Waals surface area (Å²) in [5.41, 5.74) is -5.58. The fourth-order valence-corrected chi connectivity index (χ4v) is 3.92. The minimum atomic E-state index is -5.67. The SMILES string of the molecule is C1CCOCC1.C1CCOCC1.NS(=O)(=O)CS(=O)(=O)C(F)(F)F. The Morgan fingerprint density at radius 1 is 0.750 bits per heavy atom. The average molecular weight is 399 g/mol. The summed E-state index contributed by atoms with van der Waals surface area (Å²) < 4.78 is 84.7. The van der Waals surface area contributed by atoms with Crippen molar-refractivity contribution in [2.45, 2.75) is 44.0 Å². The summed E-state index contributed by atoms with van der Waals surface area (Å²) in [6.45, 7) is 4.00. The van der Waals surface area contributed by atoms with Gasteiger partial charge in [0.15, 0.2) is 5.08 Å². The number of ether oxygens (including phenoxy) is 2. The van der Waals surface area contributed by atoms with Gasteiger partial charge in [0.2, 0.25) is 10.0 Å². The van der Waals surface area contributed by atoms with Crippen LogP contribution in [0.2, 0.25) is 0 Å². The number of hydrogen-bond donors (Lipinski definition) is 1. The van der Waals surface area contributed by atoms with Gasteiger partial charge in [-0.1, -0.05) is 0 Å². The van der Waals surface area contributed by atoms with Crippen molar-refractivity contribution in [1.82, 2.24) is 0 Å². The van der Waals surface area contributed by atoms with E-state index < -0.39 is 30.5 Å². The zero-order chi connectivity index (χ0) is 18.7. The smallest absolute Gasteiger partial charge is 0.381 e. The minimum Gasteiger partial charge on any atom is -0.381 e. The van der Waals surface area contributed by atoms with Crippen molar-refractivity contribution in [3.05, 3.63) is 0 Å². The molecule has 0 unspecified atom stereocenters. The second kappa shape index (κ2) is 11.2. The second-order valence-corrected chi connectivity index (χ2v) is 9.15. The summed E-state index contributed by atoms with van der Waals surface area (Å²) in [4.78, 5) is 0. The molecule has 0 aromatic heterocycles. The summed E-state index contributed by atoms with van der Waals surface area (Å²) in [5.74, 6) is 0. The highest BCUT2D eigenvalue weighted by Crippen LogP contribution is 2.24. The quantitative estimate of drug-likeness (QED) is 0.754. The van der Waals surface area contributed by atoms with E-state index in [0.717, 1.165) is 26.4 Å². The molecular formula is C12H24F3NO6S2. The Labute approximate surface area is 140 Å². The van der Waals surface area contributed by atoms with Gasteiger partial charge in [-0.2, -0.15) is 13.2 Å². The molecule has 2 rings (SSSR count). The maximum Gasteiger partial charge on any atom is 0.498 e. The maximum atomic E-state index is 11.5. The van der Waals surface area contributed by atoms with Gasteiger partial charge in [-0.15, -0.1) is 0 Å². The predicted octanol–water partition coefficient (Wildman–Crippen LogP) is 1.54. The lowest BCUT2D eigenvalue weighted by Gasteiger charge is -2.08. The summed E-state index contributed by atoms with van der Waals surface area (Å²) in [7, 11) is -10.3. The lowest BCUT2D eigenvalue weighted by molar-refractivity contribution is -0.0431. The van der Waals surface area contributed by atoms with Gasteiger partial charge in [0.25, 0.3) is 9.84 Å². The Hall–Kier alpha value is -0.430. The molecule has 12 heteroatoms. The number of alkyl halides is 3. The molecular weight excluding hydrogens is 375 g/mol. The van der Waals surface area contributed by atoms with Crippen LogP contribution >= 0.6 is 0 Å². The van der Waals surface area contributed by atoms with E-state index >= 15 is 0 Å². The largest absolute Gasteiger partial charge is 0.498 e. The van der Waals surface area contributed by atoms with Crippen LogP contribution in [-0.4, -0.2) is 53.9 Å². The lowest BCUT2D eigenvalue weighted by Crippen LogP contribution is -2.32. The maximum absolute atomic E-state index is 11.5. The average Bonchev–Trinajstić information content (AvgIpc) is 2.48. The molecule has 0 bridgehead atoms. The van der Waals surface area contributed by atoms with Crippen molar-refractivity contribution in [2.75, 3.05) is 31.5 Å². The van der Waals surface area contributed by atoms with Crippen molar-refractivity contribution in [2.24, 2.45) is 5.14 Å². The summed E-state index contributed by atoms with van der Waals surface area (Å²) in [6, 6.07) is 0. The van der Waals surface area contributed by atoms with Crippen molar-refractivity contribution in [1.29, 1.82) is 0 Å². The van der Waals surface area contributed by atoms with Crippen molar-refractivity contribution < 1.29 is 39.5 Å².